The molecule has 2 aromatic carbocycles. The Morgan fingerprint density at radius 2 is 2.06 bits per heavy atom. The molecule has 2 aromatic heterocycles. The second-order valence-corrected chi connectivity index (χ2v) is 8.52. The monoisotopic (exact) mass is 448 g/mol. The number of anilines is 1. The molecule has 1 saturated heterocycles. The number of benzene rings is 2. The summed E-state index contributed by atoms with van der Waals surface area (Å²) in [6.07, 6.45) is 3.69. The Hall–Kier alpha value is -3.75. The van der Waals surface area contributed by atoms with Crippen molar-refractivity contribution in [2.24, 2.45) is 5.92 Å². The van der Waals surface area contributed by atoms with Crippen molar-refractivity contribution in [1.29, 1.82) is 0 Å². The van der Waals surface area contributed by atoms with Gasteiger partial charge in [0.25, 0.3) is 11.9 Å². The molecule has 0 saturated carbocycles. The minimum Gasteiger partial charge on any atom is -0.424 e. The first-order valence-electron chi connectivity index (χ1n) is 11.1. The lowest BCUT2D eigenvalue weighted by atomic mass is 9.90. The van der Waals surface area contributed by atoms with E-state index >= 15 is 0 Å². The number of amides is 1. The van der Waals surface area contributed by atoms with Gasteiger partial charge >= 0.3 is 0 Å². The molecule has 9 heteroatoms. The SMILES string of the molecule is Cc1cnn(-c2ccc(C(=O)N3CCC[C@@H](C)[C@H]3CNc3nc4cc(F)ccc4o3)cc2)n1. The average molecular weight is 449 g/mol. The number of aryl methyl sites for hydroxylation is 1. The standard InChI is InChI=1S/C24H25FN6O2/c1-15-4-3-11-30(21(15)14-26-24-28-20-12-18(25)7-10-22(20)33-24)23(32)17-5-8-19(9-6-17)31-27-13-16(2)29-31/h5-10,12-13,15,21H,3-4,11,14H2,1-2H3,(H,26,28)/t15-,21-/m1/s1. The van der Waals surface area contributed by atoms with Gasteiger partial charge in [0.15, 0.2) is 5.58 Å². The summed E-state index contributed by atoms with van der Waals surface area (Å²) in [6, 6.07) is 11.9. The normalized spacial score (nSPS) is 18.6. The summed E-state index contributed by atoms with van der Waals surface area (Å²) in [5.74, 6) is -0.0544. The fraction of sp³-hybridized carbons (Fsp3) is 0.333. The van der Waals surface area contributed by atoms with Crippen LogP contribution in [0.1, 0.15) is 35.8 Å². The number of halogens is 1. The van der Waals surface area contributed by atoms with Gasteiger partial charge in [0.05, 0.1) is 23.6 Å². The molecule has 0 radical (unpaired) electrons. The van der Waals surface area contributed by atoms with Crippen LogP contribution in [0.25, 0.3) is 16.8 Å². The molecule has 170 valence electrons. The molecule has 1 N–H and O–H groups in total. The molecule has 3 heterocycles. The van der Waals surface area contributed by atoms with Crippen LogP contribution in [0.4, 0.5) is 10.4 Å². The van der Waals surface area contributed by atoms with E-state index in [1.165, 1.54) is 12.1 Å². The predicted octanol–water partition coefficient (Wildman–Crippen LogP) is 4.21. The topological polar surface area (TPSA) is 89.1 Å². The van der Waals surface area contributed by atoms with Crippen LogP contribution in [0.15, 0.2) is 53.1 Å². The molecular formula is C24H25FN6O2. The maximum absolute atomic E-state index is 13.4. The van der Waals surface area contributed by atoms with Crippen molar-refractivity contribution in [3.8, 4) is 5.69 Å². The van der Waals surface area contributed by atoms with Crippen molar-refractivity contribution < 1.29 is 13.6 Å². The van der Waals surface area contributed by atoms with Crippen LogP contribution in [0.2, 0.25) is 0 Å². The number of oxazole rings is 1. The van der Waals surface area contributed by atoms with E-state index in [1.807, 2.05) is 36.1 Å². The Kier molecular flexibility index (Phi) is 5.53. The zero-order chi connectivity index (χ0) is 22.9. The zero-order valence-electron chi connectivity index (χ0n) is 18.5. The first-order valence-corrected chi connectivity index (χ1v) is 11.1. The molecular weight excluding hydrogens is 423 g/mol. The molecule has 1 aliphatic rings. The maximum atomic E-state index is 13.4. The van der Waals surface area contributed by atoms with E-state index in [2.05, 4.69) is 27.4 Å². The first kappa shape index (κ1) is 21.1. The van der Waals surface area contributed by atoms with Gasteiger partial charge in [-0.2, -0.15) is 20.0 Å². The lowest BCUT2D eigenvalue weighted by Crippen LogP contribution is -2.51. The highest BCUT2D eigenvalue weighted by Gasteiger charge is 2.32. The number of nitrogens with zero attached hydrogens (tertiary/aromatic N) is 5. The third-order valence-corrected chi connectivity index (χ3v) is 6.14. The highest BCUT2D eigenvalue weighted by Crippen LogP contribution is 2.27. The summed E-state index contributed by atoms with van der Waals surface area (Å²) in [4.78, 5) is 21.2. The molecule has 1 aliphatic heterocycles. The smallest absolute Gasteiger partial charge is 0.295 e. The third kappa shape index (κ3) is 4.30. The second kappa shape index (κ2) is 8.65. The molecule has 0 bridgehead atoms. The molecule has 0 unspecified atom stereocenters. The molecule has 33 heavy (non-hydrogen) atoms. The highest BCUT2D eigenvalue weighted by atomic mass is 19.1. The van der Waals surface area contributed by atoms with Crippen molar-refractivity contribution >= 4 is 23.0 Å². The van der Waals surface area contributed by atoms with Crippen molar-refractivity contribution in [1.82, 2.24) is 24.9 Å². The number of hydrogen-bond acceptors (Lipinski definition) is 6. The molecule has 0 aliphatic carbocycles. The quantitative estimate of drug-likeness (QED) is 0.492. The average Bonchev–Trinajstić information content (AvgIpc) is 3.43. The van der Waals surface area contributed by atoms with E-state index in [0.717, 1.165) is 24.2 Å². The number of fused-ring (bicyclic) bond motifs is 1. The van der Waals surface area contributed by atoms with Crippen LogP contribution in [0.3, 0.4) is 0 Å². The Morgan fingerprint density at radius 3 is 2.82 bits per heavy atom. The highest BCUT2D eigenvalue weighted by molar-refractivity contribution is 5.94. The fourth-order valence-corrected chi connectivity index (χ4v) is 4.35. The molecule has 5 rings (SSSR count). The summed E-state index contributed by atoms with van der Waals surface area (Å²) in [5.41, 5.74) is 3.24. The molecule has 0 spiro atoms. The minimum atomic E-state index is -0.357. The van der Waals surface area contributed by atoms with Crippen LogP contribution in [0, 0.1) is 18.7 Å². The van der Waals surface area contributed by atoms with Crippen LogP contribution in [-0.2, 0) is 0 Å². The number of rotatable bonds is 5. The van der Waals surface area contributed by atoms with Crippen LogP contribution >= 0.6 is 0 Å². The number of piperidine rings is 1. The van der Waals surface area contributed by atoms with Crippen molar-refractivity contribution in [2.75, 3.05) is 18.4 Å². The molecule has 8 nitrogen and oxygen atoms in total. The van der Waals surface area contributed by atoms with Gasteiger partial charge in [-0.05, 0) is 62.1 Å². The largest absolute Gasteiger partial charge is 0.424 e. The number of likely N-dealkylation sites (tertiary alicyclic amines) is 1. The first-order chi connectivity index (χ1) is 16.0. The lowest BCUT2D eigenvalue weighted by molar-refractivity contribution is 0.0539. The van der Waals surface area contributed by atoms with Gasteiger partial charge in [-0.15, -0.1) is 0 Å². The minimum absolute atomic E-state index is 0.0101. The van der Waals surface area contributed by atoms with Gasteiger partial charge in [-0.3, -0.25) is 4.79 Å². The number of carbonyl (C=O) groups excluding carboxylic acids is 1. The van der Waals surface area contributed by atoms with Crippen LogP contribution in [0.5, 0.6) is 0 Å². The second-order valence-electron chi connectivity index (χ2n) is 8.52. The Labute approximate surface area is 190 Å². The Bertz CT molecular complexity index is 1280. The van der Waals surface area contributed by atoms with Crippen molar-refractivity contribution in [3.63, 3.8) is 0 Å². The summed E-state index contributed by atoms with van der Waals surface area (Å²) >= 11 is 0. The summed E-state index contributed by atoms with van der Waals surface area (Å²) < 4.78 is 19.1. The van der Waals surface area contributed by atoms with Gasteiger partial charge in [0.2, 0.25) is 0 Å². The van der Waals surface area contributed by atoms with E-state index in [1.54, 1.807) is 17.1 Å². The van der Waals surface area contributed by atoms with E-state index in [0.29, 0.717) is 41.7 Å². The van der Waals surface area contributed by atoms with E-state index < -0.39 is 0 Å². The van der Waals surface area contributed by atoms with Gasteiger partial charge in [0.1, 0.15) is 11.3 Å². The predicted molar refractivity (Wildman–Crippen MR) is 122 cm³/mol. The van der Waals surface area contributed by atoms with Crippen LogP contribution in [-0.4, -0.2) is 49.9 Å². The van der Waals surface area contributed by atoms with Crippen LogP contribution < -0.4 is 5.32 Å². The third-order valence-electron chi connectivity index (χ3n) is 6.14. The molecule has 1 fully saturated rings. The van der Waals surface area contributed by atoms with Crippen molar-refractivity contribution in [2.45, 2.75) is 32.7 Å². The van der Waals surface area contributed by atoms with Crippen molar-refractivity contribution in [3.05, 3.63) is 65.7 Å². The summed E-state index contributed by atoms with van der Waals surface area (Å²) in [6.45, 7) is 5.22. The Morgan fingerprint density at radius 1 is 1.24 bits per heavy atom. The lowest BCUT2D eigenvalue weighted by Gasteiger charge is -2.40. The molecule has 1 amide bonds. The van der Waals surface area contributed by atoms with E-state index in [-0.39, 0.29) is 17.8 Å². The summed E-state index contributed by atoms with van der Waals surface area (Å²) in [7, 11) is 0. The van der Waals surface area contributed by atoms with E-state index in [4.69, 9.17) is 4.42 Å². The van der Waals surface area contributed by atoms with Gasteiger partial charge < -0.3 is 14.6 Å². The fourth-order valence-electron chi connectivity index (χ4n) is 4.35. The number of carbonyl (C=O) groups is 1. The van der Waals surface area contributed by atoms with E-state index in [9.17, 15) is 9.18 Å². The number of aromatic nitrogens is 4. The number of hydrogen-bond donors (Lipinski definition) is 1. The molecule has 4 aromatic rings. The van der Waals surface area contributed by atoms with Gasteiger partial charge in [-0.1, -0.05) is 6.92 Å². The van der Waals surface area contributed by atoms with Gasteiger partial charge in [0, 0.05) is 24.7 Å². The number of nitrogens with one attached hydrogen (secondary N) is 1. The summed E-state index contributed by atoms with van der Waals surface area (Å²) in [5, 5.41) is 11.7. The maximum Gasteiger partial charge on any atom is 0.295 e. The molecule has 2 atom stereocenters. The Balaban J connectivity index is 1.31. The zero-order valence-corrected chi connectivity index (χ0v) is 18.5. The van der Waals surface area contributed by atoms with Gasteiger partial charge in [-0.25, -0.2) is 4.39 Å².